The standard InChI is InChI=1S/C14H15F3N4O2/c1-8-11(12(22)21-20-8)6-7-18-13(23)19-10-4-2-9(3-5-10)14(15,16)17/h2-5,11H,6-7H2,1H3,(H,21,22)(H2,18,19,23). The molecule has 1 atom stereocenters. The third-order valence-electron chi connectivity index (χ3n) is 3.35. The first-order valence-electron chi connectivity index (χ1n) is 6.83. The summed E-state index contributed by atoms with van der Waals surface area (Å²) in [5.74, 6) is -0.589. The fourth-order valence-corrected chi connectivity index (χ4v) is 2.08. The smallest absolute Gasteiger partial charge is 0.338 e. The third-order valence-corrected chi connectivity index (χ3v) is 3.35. The number of benzene rings is 1. The van der Waals surface area contributed by atoms with Gasteiger partial charge in [-0.15, -0.1) is 0 Å². The van der Waals surface area contributed by atoms with E-state index in [1.165, 1.54) is 12.1 Å². The lowest BCUT2D eigenvalue weighted by molar-refractivity contribution is -0.137. The van der Waals surface area contributed by atoms with E-state index >= 15 is 0 Å². The molecule has 1 heterocycles. The van der Waals surface area contributed by atoms with Gasteiger partial charge in [0.25, 0.3) is 0 Å². The van der Waals surface area contributed by atoms with E-state index in [0.717, 1.165) is 12.1 Å². The Morgan fingerprint density at radius 1 is 1.30 bits per heavy atom. The zero-order valence-corrected chi connectivity index (χ0v) is 12.2. The minimum absolute atomic E-state index is 0.215. The van der Waals surface area contributed by atoms with Crippen molar-refractivity contribution in [3.05, 3.63) is 29.8 Å². The quantitative estimate of drug-likeness (QED) is 0.793. The topological polar surface area (TPSA) is 82.6 Å². The molecule has 0 fully saturated rings. The highest BCUT2D eigenvalue weighted by atomic mass is 19.4. The number of rotatable bonds is 4. The van der Waals surface area contributed by atoms with Crippen molar-refractivity contribution in [1.29, 1.82) is 0 Å². The fourth-order valence-electron chi connectivity index (χ4n) is 2.08. The number of nitrogens with zero attached hydrogens (tertiary/aromatic N) is 1. The van der Waals surface area contributed by atoms with Gasteiger partial charge >= 0.3 is 12.2 Å². The van der Waals surface area contributed by atoms with E-state index in [9.17, 15) is 22.8 Å². The summed E-state index contributed by atoms with van der Waals surface area (Å²) in [6.07, 6.45) is -4.02. The number of amides is 3. The van der Waals surface area contributed by atoms with Crippen LogP contribution in [0.3, 0.4) is 0 Å². The van der Waals surface area contributed by atoms with Gasteiger partial charge < -0.3 is 10.6 Å². The van der Waals surface area contributed by atoms with Crippen molar-refractivity contribution in [3.63, 3.8) is 0 Å². The highest BCUT2D eigenvalue weighted by Crippen LogP contribution is 2.29. The average Bonchev–Trinajstić information content (AvgIpc) is 2.78. The van der Waals surface area contributed by atoms with Crippen LogP contribution in [0.5, 0.6) is 0 Å². The molecule has 3 amide bonds. The van der Waals surface area contributed by atoms with Crippen LogP contribution in [-0.2, 0) is 11.0 Å². The molecule has 0 saturated heterocycles. The molecule has 1 aromatic rings. The van der Waals surface area contributed by atoms with Crippen LogP contribution in [0.1, 0.15) is 18.9 Å². The third kappa shape index (κ3) is 4.44. The highest BCUT2D eigenvalue weighted by Gasteiger charge is 2.30. The minimum atomic E-state index is -4.41. The molecule has 3 N–H and O–H groups in total. The van der Waals surface area contributed by atoms with E-state index in [1.54, 1.807) is 6.92 Å². The number of halogens is 3. The summed E-state index contributed by atoms with van der Waals surface area (Å²) in [6.45, 7) is 1.95. The van der Waals surface area contributed by atoms with E-state index in [4.69, 9.17) is 0 Å². The number of hydrogen-bond acceptors (Lipinski definition) is 3. The number of nitrogens with one attached hydrogen (secondary N) is 3. The van der Waals surface area contributed by atoms with Crippen LogP contribution in [0.15, 0.2) is 29.4 Å². The SMILES string of the molecule is CC1=NNC(=O)C1CCNC(=O)Nc1ccc(C(F)(F)F)cc1. The van der Waals surface area contributed by atoms with Gasteiger partial charge in [0.2, 0.25) is 5.91 Å². The second-order valence-corrected chi connectivity index (χ2v) is 5.03. The molecule has 1 aromatic carbocycles. The number of carbonyl (C=O) groups is 2. The maximum absolute atomic E-state index is 12.4. The highest BCUT2D eigenvalue weighted by molar-refractivity contribution is 6.06. The Balaban J connectivity index is 1.79. The van der Waals surface area contributed by atoms with Gasteiger partial charge in [0, 0.05) is 17.9 Å². The van der Waals surface area contributed by atoms with Crippen molar-refractivity contribution in [3.8, 4) is 0 Å². The first kappa shape index (κ1) is 16.8. The summed E-state index contributed by atoms with van der Waals surface area (Å²) in [5.41, 5.74) is 2.45. The lowest BCUT2D eigenvalue weighted by atomic mass is 10.0. The molecular formula is C14H15F3N4O2. The molecule has 0 aliphatic carbocycles. The number of hydrazone groups is 1. The van der Waals surface area contributed by atoms with Crippen LogP contribution in [0.25, 0.3) is 0 Å². The Hall–Kier alpha value is -2.58. The van der Waals surface area contributed by atoms with E-state index in [0.29, 0.717) is 12.1 Å². The van der Waals surface area contributed by atoms with Crippen molar-refractivity contribution >= 4 is 23.3 Å². The summed E-state index contributed by atoms with van der Waals surface area (Å²) in [4.78, 5) is 23.1. The molecule has 0 radical (unpaired) electrons. The lowest BCUT2D eigenvalue weighted by Crippen LogP contribution is -2.33. The lowest BCUT2D eigenvalue weighted by Gasteiger charge is -2.11. The average molecular weight is 328 g/mol. The number of carbonyl (C=O) groups excluding carboxylic acids is 2. The van der Waals surface area contributed by atoms with Crippen LogP contribution < -0.4 is 16.1 Å². The Labute approximate surface area is 130 Å². The number of anilines is 1. The molecule has 0 spiro atoms. The van der Waals surface area contributed by atoms with Gasteiger partial charge in [-0.2, -0.15) is 18.3 Å². The van der Waals surface area contributed by atoms with Crippen LogP contribution in [0, 0.1) is 5.92 Å². The summed E-state index contributed by atoms with van der Waals surface area (Å²) < 4.78 is 37.3. The second-order valence-electron chi connectivity index (χ2n) is 5.03. The van der Waals surface area contributed by atoms with E-state index in [1.807, 2.05) is 0 Å². The molecule has 1 aliphatic heterocycles. The second kappa shape index (κ2) is 6.67. The maximum atomic E-state index is 12.4. The van der Waals surface area contributed by atoms with Gasteiger partial charge in [-0.3, -0.25) is 4.79 Å². The molecule has 9 heteroatoms. The number of hydrogen-bond donors (Lipinski definition) is 3. The van der Waals surface area contributed by atoms with Crippen LogP contribution in [-0.4, -0.2) is 24.2 Å². The van der Waals surface area contributed by atoms with Crippen molar-refractivity contribution in [1.82, 2.24) is 10.7 Å². The van der Waals surface area contributed by atoms with Crippen LogP contribution >= 0.6 is 0 Å². The molecule has 1 aliphatic rings. The first-order valence-corrected chi connectivity index (χ1v) is 6.83. The van der Waals surface area contributed by atoms with Crippen molar-refractivity contribution in [2.24, 2.45) is 11.0 Å². The van der Waals surface area contributed by atoms with E-state index in [-0.39, 0.29) is 24.1 Å². The monoisotopic (exact) mass is 328 g/mol. The van der Waals surface area contributed by atoms with Crippen LogP contribution in [0.4, 0.5) is 23.7 Å². The molecule has 0 bridgehead atoms. The zero-order valence-electron chi connectivity index (χ0n) is 12.2. The maximum Gasteiger partial charge on any atom is 0.416 e. The van der Waals surface area contributed by atoms with Gasteiger partial charge in [-0.05, 0) is 37.6 Å². The number of urea groups is 1. The molecule has 1 unspecified atom stereocenters. The fraction of sp³-hybridized carbons (Fsp3) is 0.357. The van der Waals surface area contributed by atoms with Gasteiger partial charge in [0.15, 0.2) is 0 Å². The summed E-state index contributed by atoms with van der Waals surface area (Å²) in [6, 6.07) is 3.56. The molecule has 0 aromatic heterocycles. The summed E-state index contributed by atoms with van der Waals surface area (Å²) in [7, 11) is 0. The normalized spacial score (nSPS) is 17.5. The van der Waals surface area contributed by atoms with Gasteiger partial charge in [-0.25, -0.2) is 10.2 Å². The predicted octanol–water partition coefficient (Wildman–Crippen LogP) is 2.34. The van der Waals surface area contributed by atoms with Gasteiger partial charge in [0.1, 0.15) is 0 Å². The predicted molar refractivity (Wildman–Crippen MR) is 77.8 cm³/mol. The molecule has 6 nitrogen and oxygen atoms in total. The van der Waals surface area contributed by atoms with E-state index < -0.39 is 17.8 Å². The van der Waals surface area contributed by atoms with Crippen molar-refractivity contribution in [2.75, 3.05) is 11.9 Å². The number of alkyl halides is 3. The molecule has 124 valence electrons. The zero-order chi connectivity index (χ0) is 17.0. The Kier molecular flexibility index (Phi) is 4.87. The van der Waals surface area contributed by atoms with Crippen molar-refractivity contribution < 1.29 is 22.8 Å². The molecule has 23 heavy (non-hydrogen) atoms. The summed E-state index contributed by atoms with van der Waals surface area (Å²) >= 11 is 0. The largest absolute Gasteiger partial charge is 0.416 e. The summed E-state index contributed by atoms with van der Waals surface area (Å²) in [5, 5.41) is 8.75. The van der Waals surface area contributed by atoms with Crippen LogP contribution in [0.2, 0.25) is 0 Å². The molecular weight excluding hydrogens is 313 g/mol. The minimum Gasteiger partial charge on any atom is -0.338 e. The van der Waals surface area contributed by atoms with Crippen molar-refractivity contribution in [2.45, 2.75) is 19.5 Å². The Bertz CT molecular complexity index is 626. The Morgan fingerprint density at radius 3 is 2.48 bits per heavy atom. The van der Waals surface area contributed by atoms with Gasteiger partial charge in [-0.1, -0.05) is 0 Å². The first-order chi connectivity index (χ1) is 10.8. The molecule has 2 rings (SSSR count). The van der Waals surface area contributed by atoms with E-state index in [2.05, 4.69) is 21.2 Å². The van der Waals surface area contributed by atoms with Gasteiger partial charge in [0.05, 0.1) is 11.5 Å². The Morgan fingerprint density at radius 2 is 1.96 bits per heavy atom. The molecule has 0 saturated carbocycles.